The van der Waals surface area contributed by atoms with E-state index in [0.717, 1.165) is 0 Å². The highest BCUT2D eigenvalue weighted by Gasteiger charge is 2.14. The fourth-order valence-electron chi connectivity index (χ4n) is 2.02. The summed E-state index contributed by atoms with van der Waals surface area (Å²) in [6.45, 7) is 1.79. The molecule has 112 valence electrons. The molecule has 0 saturated carbocycles. The lowest BCUT2D eigenvalue weighted by Crippen LogP contribution is -2.18. The first-order valence-corrected chi connectivity index (χ1v) is 8.11. The van der Waals surface area contributed by atoms with Crippen LogP contribution in [0.2, 0.25) is 0 Å². The Hall–Kier alpha value is -2.15. The van der Waals surface area contributed by atoms with Crippen LogP contribution < -0.4 is 4.72 Å². The zero-order chi connectivity index (χ0) is 15.5. The molecule has 0 aliphatic heterocycles. The van der Waals surface area contributed by atoms with Crippen molar-refractivity contribution in [3.63, 3.8) is 0 Å². The van der Waals surface area contributed by atoms with Gasteiger partial charge in [-0.25, -0.2) is 8.42 Å². The molecule has 0 atom stereocenters. The summed E-state index contributed by atoms with van der Waals surface area (Å²) in [6, 6.07) is 8.90. The van der Waals surface area contributed by atoms with Gasteiger partial charge in [0.05, 0.1) is 17.0 Å². The summed E-state index contributed by atoms with van der Waals surface area (Å²) in [5, 5.41) is 9.27. The van der Waals surface area contributed by atoms with Gasteiger partial charge >= 0.3 is 5.97 Å². The molecule has 0 bridgehead atoms. The second kappa shape index (κ2) is 6.09. The number of pyridine rings is 1. The maximum absolute atomic E-state index is 12.0. The van der Waals surface area contributed by atoms with E-state index in [1.165, 1.54) is 0 Å². The summed E-state index contributed by atoms with van der Waals surface area (Å²) in [7, 11) is -3.58. The predicted octanol–water partition coefficient (Wildman–Crippen LogP) is 2.15. The first-order valence-electron chi connectivity index (χ1n) is 6.46. The van der Waals surface area contributed by atoms with Gasteiger partial charge in [-0.2, -0.15) is 0 Å². The number of rotatable bonds is 6. The third-order valence-corrected chi connectivity index (χ3v) is 4.27. The van der Waals surface area contributed by atoms with E-state index < -0.39 is 16.0 Å². The Kier molecular flexibility index (Phi) is 4.42. The number of anilines is 1. The zero-order valence-corrected chi connectivity index (χ0v) is 12.4. The minimum atomic E-state index is -3.58. The number of carboxylic acids is 1. The third kappa shape index (κ3) is 4.16. The molecule has 0 amide bonds. The molecule has 0 aliphatic rings. The van der Waals surface area contributed by atoms with Crippen molar-refractivity contribution in [2.75, 3.05) is 10.5 Å². The number of nitrogens with one attached hydrogen (secondary N) is 1. The fourth-order valence-corrected chi connectivity index (χ4v) is 3.15. The highest BCUT2D eigenvalue weighted by atomic mass is 32.2. The average molecular weight is 308 g/mol. The van der Waals surface area contributed by atoms with Gasteiger partial charge < -0.3 is 5.11 Å². The van der Waals surface area contributed by atoms with E-state index in [1.807, 2.05) is 18.2 Å². The number of nitrogens with zero attached hydrogens (tertiary/aromatic N) is 1. The molecule has 0 aliphatic carbocycles. The molecule has 21 heavy (non-hydrogen) atoms. The number of benzene rings is 1. The fraction of sp³-hybridized carbons (Fsp3) is 0.286. The lowest BCUT2D eigenvalue weighted by molar-refractivity contribution is -0.137. The van der Waals surface area contributed by atoms with Gasteiger partial charge in [0.1, 0.15) is 0 Å². The molecule has 0 spiro atoms. The van der Waals surface area contributed by atoms with Crippen molar-refractivity contribution in [2.24, 2.45) is 0 Å². The molecular weight excluding hydrogens is 292 g/mol. The molecule has 1 aromatic carbocycles. The van der Waals surface area contributed by atoms with Gasteiger partial charge in [0.25, 0.3) is 0 Å². The molecule has 6 nitrogen and oxygen atoms in total. The van der Waals surface area contributed by atoms with Crippen LogP contribution in [-0.4, -0.2) is 30.2 Å². The topological polar surface area (TPSA) is 96.4 Å². The molecule has 1 aromatic heterocycles. The van der Waals surface area contributed by atoms with Crippen molar-refractivity contribution in [3.05, 3.63) is 36.0 Å². The summed E-state index contributed by atoms with van der Waals surface area (Å²) in [6.07, 6.45) is -0.0936. The second-order valence-electron chi connectivity index (χ2n) is 4.75. The molecule has 0 fully saturated rings. The van der Waals surface area contributed by atoms with Crippen molar-refractivity contribution in [2.45, 2.75) is 19.8 Å². The van der Waals surface area contributed by atoms with Gasteiger partial charge in [-0.15, -0.1) is 0 Å². The van der Waals surface area contributed by atoms with Crippen LogP contribution in [0.15, 0.2) is 30.3 Å². The normalized spacial score (nSPS) is 11.5. The number of aromatic nitrogens is 1. The number of sulfonamides is 1. The monoisotopic (exact) mass is 308 g/mol. The quantitative estimate of drug-likeness (QED) is 0.852. The van der Waals surface area contributed by atoms with Gasteiger partial charge in [-0.3, -0.25) is 14.5 Å². The molecule has 2 N–H and O–H groups in total. The molecule has 7 heteroatoms. The molecule has 2 aromatic rings. The smallest absolute Gasteiger partial charge is 0.303 e. The lowest BCUT2D eigenvalue weighted by atomic mass is 10.2. The second-order valence-corrected chi connectivity index (χ2v) is 6.59. The van der Waals surface area contributed by atoms with Gasteiger partial charge in [0.2, 0.25) is 10.0 Å². The Morgan fingerprint density at radius 3 is 2.76 bits per heavy atom. The number of aryl methyl sites for hydroxylation is 1. The molecule has 0 unspecified atom stereocenters. The van der Waals surface area contributed by atoms with E-state index in [9.17, 15) is 13.2 Å². The van der Waals surface area contributed by atoms with Gasteiger partial charge in [-0.1, -0.05) is 18.2 Å². The molecule has 0 saturated heterocycles. The number of fused-ring (bicyclic) bond motifs is 1. The Balaban J connectivity index is 2.24. The number of para-hydroxylation sites is 1. The van der Waals surface area contributed by atoms with Crippen LogP contribution in [0.3, 0.4) is 0 Å². The number of carbonyl (C=O) groups is 1. The van der Waals surface area contributed by atoms with Crippen molar-refractivity contribution in [3.8, 4) is 0 Å². The first kappa shape index (κ1) is 15.2. The van der Waals surface area contributed by atoms with E-state index >= 15 is 0 Å². The van der Waals surface area contributed by atoms with Crippen molar-refractivity contribution in [1.82, 2.24) is 4.98 Å². The van der Waals surface area contributed by atoms with Crippen molar-refractivity contribution < 1.29 is 18.3 Å². The maximum Gasteiger partial charge on any atom is 0.303 e. The van der Waals surface area contributed by atoms with Crippen LogP contribution in [0.4, 0.5) is 5.69 Å². The van der Waals surface area contributed by atoms with Crippen molar-refractivity contribution in [1.29, 1.82) is 0 Å². The van der Waals surface area contributed by atoms with E-state index in [0.29, 0.717) is 22.3 Å². The Morgan fingerprint density at radius 2 is 2.05 bits per heavy atom. The highest BCUT2D eigenvalue weighted by molar-refractivity contribution is 7.92. The zero-order valence-electron chi connectivity index (χ0n) is 11.5. The minimum absolute atomic E-state index is 0.0761. The predicted molar refractivity (Wildman–Crippen MR) is 80.8 cm³/mol. The van der Waals surface area contributed by atoms with Crippen molar-refractivity contribution >= 4 is 32.6 Å². The summed E-state index contributed by atoms with van der Waals surface area (Å²) in [4.78, 5) is 14.8. The summed E-state index contributed by atoms with van der Waals surface area (Å²) in [5.41, 5.74) is 1.88. The minimum Gasteiger partial charge on any atom is -0.481 e. The highest BCUT2D eigenvalue weighted by Crippen LogP contribution is 2.24. The Labute approximate surface area is 122 Å². The third-order valence-electron chi connectivity index (χ3n) is 2.91. The SMILES string of the molecule is Cc1cc(NS(=O)(=O)CCCC(=O)O)c2ccccc2n1. The lowest BCUT2D eigenvalue weighted by Gasteiger charge is -2.11. The van der Waals surface area contributed by atoms with Crippen LogP contribution in [0.5, 0.6) is 0 Å². The standard InChI is InChI=1S/C14H16N2O4S/c1-10-9-13(11-5-2-3-6-12(11)15-10)16-21(19,20)8-4-7-14(17)18/h2-3,5-6,9H,4,7-8H2,1H3,(H,15,16)(H,17,18). The number of carboxylic acid groups (broad SMARTS) is 1. The van der Waals surface area contributed by atoms with Gasteiger partial charge in [-0.05, 0) is 25.5 Å². The largest absolute Gasteiger partial charge is 0.481 e. The summed E-state index contributed by atoms with van der Waals surface area (Å²) >= 11 is 0. The molecule has 1 heterocycles. The summed E-state index contributed by atoms with van der Waals surface area (Å²) < 4.78 is 26.5. The molecular formula is C14H16N2O4S. The van der Waals surface area contributed by atoms with E-state index in [2.05, 4.69) is 9.71 Å². The summed E-state index contributed by atoms with van der Waals surface area (Å²) in [5.74, 6) is -1.23. The van der Waals surface area contributed by atoms with E-state index in [1.54, 1.807) is 19.1 Å². The van der Waals surface area contributed by atoms with Gasteiger partial charge in [0.15, 0.2) is 0 Å². The molecule has 2 rings (SSSR count). The van der Waals surface area contributed by atoms with Crippen LogP contribution >= 0.6 is 0 Å². The number of hydrogen-bond acceptors (Lipinski definition) is 4. The maximum atomic E-state index is 12.0. The van der Waals surface area contributed by atoms with Crippen LogP contribution in [-0.2, 0) is 14.8 Å². The number of hydrogen-bond donors (Lipinski definition) is 2. The molecule has 0 radical (unpaired) electrons. The van der Waals surface area contributed by atoms with Crippen LogP contribution in [0.25, 0.3) is 10.9 Å². The first-order chi connectivity index (χ1) is 9.87. The Morgan fingerprint density at radius 1 is 1.33 bits per heavy atom. The van der Waals surface area contributed by atoms with Gasteiger partial charge in [0, 0.05) is 17.5 Å². The van der Waals surface area contributed by atoms with Crippen LogP contribution in [0.1, 0.15) is 18.5 Å². The Bertz CT molecular complexity index is 772. The van der Waals surface area contributed by atoms with E-state index in [-0.39, 0.29) is 18.6 Å². The van der Waals surface area contributed by atoms with Crippen LogP contribution in [0, 0.1) is 6.92 Å². The number of aliphatic carboxylic acids is 1. The average Bonchev–Trinajstić information content (AvgIpc) is 2.37. The van der Waals surface area contributed by atoms with E-state index in [4.69, 9.17) is 5.11 Å².